The Kier molecular flexibility index (Phi) is 4.39. The summed E-state index contributed by atoms with van der Waals surface area (Å²) < 4.78 is 10.1. The van der Waals surface area contributed by atoms with Crippen molar-refractivity contribution in [3.63, 3.8) is 0 Å². The van der Waals surface area contributed by atoms with Gasteiger partial charge in [-0.2, -0.15) is 0 Å². The molecule has 1 aromatic carbocycles. The molecule has 0 bridgehead atoms. The van der Waals surface area contributed by atoms with Crippen LogP contribution < -0.4 is 10.5 Å². The van der Waals surface area contributed by atoms with Crippen LogP contribution in [-0.2, 0) is 19.9 Å². The first-order valence-electron chi connectivity index (χ1n) is 6.01. The predicted octanol–water partition coefficient (Wildman–Crippen LogP) is 1.28. The number of methoxy groups -OCH3 is 1. The summed E-state index contributed by atoms with van der Waals surface area (Å²) >= 11 is 0. The maximum absolute atomic E-state index is 12.1. The maximum atomic E-state index is 12.1. The van der Waals surface area contributed by atoms with Gasteiger partial charge in [0.25, 0.3) is 0 Å². The number of benzene rings is 1. The van der Waals surface area contributed by atoms with Crippen LogP contribution in [0.15, 0.2) is 24.3 Å². The highest BCUT2D eigenvalue weighted by Gasteiger charge is 2.47. The highest BCUT2D eigenvalue weighted by molar-refractivity contribution is 6.04. The maximum Gasteiger partial charge on any atom is 0.343 e. The number of aliphatic carboxylic acids is 1. The number of carboxylic acid groups (broad SMARTS) is 1. The van der Waals surface area contributed by atoms with Gasteiger partial charge in [0.15, 0.2) is 0 Å². The van der Waals surface area contributed by atoms with Crippen LogP contribution in [0.5, 0.6) is 5.75 Å². The Morgan fingerprint density at radius 3 is 2.00 bits per heavy atom. The Hall–Kier alpha value is -2.08. The molecule has 6 nitrogen and oxygen atoms in total. The van der Waals surface area contributed by atoms with Crippen molar-refractivity contribution in [1.29, 1.82) is 0 Å². The lowest BCUT2D eigenvalue weighted by Crippen LogP contribution is -2.54. The fraction of sp³-hybridized carbons (Fsp3) is 0.429. The number of ether oxygens (including phenoxy) is 2. The Morgan fingerprint density at radius 2 is 1.65 bits per heavy atom. The second-order valence-electron chi connectivity index (χ2n) is 5.34. The highest BCUT2D eigenvalue weighted by atomic mass is 16.6. The van der Waals surface area contributed by atoms with Crippen LogP contribution in [0.3, 0.4) is 0 Å². The van der Waals surface area contributed by atoms with Crippen molar-refractivity contribution < 1.29 is 24.2 Å². The molecular formula is C14H19NO5. The summed E-state index contributed by atoms with van der Waals surface area (Å²) in [4.78, 5) is 23.6. The zero-order chi connectivity index (χ0) is 15.6. The van der Waals surface area contributed by atoms with E-state index in [1.54, 1.807) is 20.8 Å². The summed E-state index contributed by atoms with van der Waals surface area (Å²) in [6, 6.07) is 5.92. The molecule has 0 aromatic heterocycles. The van der Waals surface area contributed by atoms with E-state index in [2.05, 4.69) is 0 Å². The molecule has 0 amide bonds. The summed E-state index contributed by atoms with van der Waals surface area (Å²) in [5.41, 5.74) is 2.83. The average molecular weight is 281 g/mol. The van der Waals surface area contributed by atoms with Gasteiger partial charge >= 0.3 is 11.9 Å². The smallest absolute Gasteiger partial charge is 0.343 e. The molecule has 0 aliphatic rings. The van der Waals surface area contributed by atoms with Gasteiger partial charge in [-0.05, 0) is 38.5 Å². The van der Waals surface area contributed by atoms with Gasteiger partial charge in [-0.1, -0.05) is 12.1 Å². The number of esters is 1. The van der Waals surface area contributed by atoms with Crippen molar-refractivity contribution in [3.8, 4) is 5.75 Å². The van der Waals surface area contributed by atoms with E-state index < -0.39 is 23.1 Å². The molecule has 0 heterocycles. The molecule has 0 aliphatic heterocycles. The number of carbonyl (C=O) groups is 2. The fourth-order valence-corrected chi connectivity index (χ4v) is 1.54. The van der Waals surface area contributed by atoms with Crippen molar-refractivity contribution in [2.45, 2.75) is 31.9 Å². The largest absolute Gasteiger partial charge is 0.497 e. The predicted molar refractivity (Wildman–Crippen MR) is 72.3 cm³/mol. The third-order valence-corrected chi connectivity index (χ3v) is 2.60. The minimum atomic E-state index is -2.25. The molecular weight excluding hydrogens is 262 g/mol. The van der Waals surface area contributed by atoms with Gasteiger partial charge in [0.05, 0.1) is 7.11 Å². The van der Waals surface area contributed by atoms with E-state index in [-0.39, 0.29) is 5.56 Å². The van der Waals surface area contributed by atoms with Crippen molar-refractivity contribution in [2.24, 2.45) is 5.73 Å². The monoisotopic (exact) mass is 281 g/mol. The Bertz CT molecular complexity index is 503. The number of nitrogens with two attached hydrogens (primary N) is 1. The Labute approximate surface area is 117 Å². The van der Waals surface area contributed by atoms with Gasteiger partial charge in [-0.3, -0.25) is 0 Å². The minimum Gasteiger partial charge on any atom is -0.497 e. The summed E-state index contributed by atoms with van der Waals surface area (Å²) in [7, 11) is 1.48. The average Bonchev–Trinajstić information content (AvgIpc) is 2.35. The zero-order valence-corrected chi connectivity index (χ0v) is 12.0. The van der Waals surface area contributed by atoms with E-state index >= 15 is 0 Å². The van der Waals surface area contributed by atoms with Crippen LogP contribution in [0.1, 0.15) is 26.3 Å². The first-order valence-corrected chi connectivity index (χ1v) is 6.01. The van der Waals surface area contributed by atoms with Gasteiger partial charge in [0, 0.05) is 0 Å². The zero-order valence-electron chi connectivity index (χ0n) is 12.0. The third kappa shape index (κ3) is 3.27. The molecule has 20 heavy (non-hydrogen) atoms. The normalized spacial score (nSPS) is 14.2. The van der Waals surface area contributed by atoms with E-state index in [0.717, 1.165) is 0 Å². The molecule has 0 spiro atoms. The lowest BCUT2D eigenvalue weighted by Gasteiger charge is -2.28. The van der Waals surface area contributed by atoms with Crippen molar-refractivity contribution >= 4 is 11.9 Å². The number of rotatable bonds is 4. The number of hydrogen-bond acceptors (Lipinski definition) is 5. The molecule has 110 valence electrons. The van der Waals surface area contributed by atoms with Crippen LogP contribution in [0, 0.1) is 0 Å². The molecule has 0 radical (unpaired) electrons. The van der Waals surface area contributed by atoms with Crippen LogP contribution in [-0.4, -0.2) is 29.8 Å². The van der Waals surface area contributed by atoms with E-state index in [9.17, 15) is 14.7 Å². The van der Waals surface area contributed by atoms with Crippen molar-refractivity contribution in [2.75, 3.05) is 7.11 Å². The molecule has 0 saturated carbocycles. The summed E-state index contributed by atoms with van der Waals surface area (Å²) in [6.07, 6.45) is 0. The van der Waals surface area contributed by atoms with Crippen molar-refractivity contribution in [3.05, 3.63) is 29.8 Å². The van der Waals surface area contributed by atoms with Crippen LogP contribution in [0.4, 0.5) is 0 Å². The van der Waals surface area contributed by atoms with Gasteiger partial charge in [0.2, 0.25) is 5.54 Å². The first-order chi connectivity index (χ1) is 9.11. The molecule has 3 N–H and O–H groups in total. The summed E-state index contributed by atoms with van der Waals surface area (Å²) in [5.74, 6) is -1.95. The Morgan fingerprint density at radius 1 is 1.15 bits per heavy atom. The van der Waals surface area contributed by atoms with Crippen molar-refractivity contribution in [1.82, 2.24) is 0 Å². The number of hydrogen-bond donors (Lipinski definition) is 2. The number of carbonyl (C=O) groups excluding carboxylic acids is 1. The lowest BCUT2D eigenvalue weighted by molar-refractivity contribution is -0.169. The molecule has 6 heteroatoms. The third-order valence-electron chi connectivity index (χ3n) is 2.60. The molecule has 1 rings (SSSR count). The minimum absolute atomic E-state index is 0.125. The lowest BCUT2D eigenvalue weighted by atomic mass is 9.91. The molecule has 0 fully saturated rings. The van der Waals surface area contributed by atoms with Crippen LogP contribution >= 0.6 is 0 Å². The first kappa shape index (κ1) is 16.0. The topological polar surface area (TPSA) is 98.9 Å². The van der Waals surface area contributed by atoms with Gasteiger partial charge in [0.1, 0.15) is 11.4 Å². The fourth-order valence-electron chi connectivity index (χ4n) is 1.54. The second-order valence-corrected chi connectivity index (χ2v) is 5.34. The number of carboxylic acids is 1. The molecule has 0 aliphatic carbocycles. The highest BCUT2D eigenvalue weighted by Crippen LogP contribution is 2.25. The second kappa shape index (κ2) is 5.50. The summed E-state index contributed by atoms with van der Waals surface area (Å²) in [6.45, 7) is 4.92. The van der Waals surface area contributed by atoms with Gasteiger partial charge < -0.3 is 20.3 Å². The molecule has 0 saturated heterocycles. The van der Waals surface area contributed by atoms with Crippen LogP contribution in [0.2, 0.25) is 0 Å². The van der Waals surface area contributed by atoms with E-state index in [1.165, 1.54) is 31.4 Å². The van der Waals surface area contributed by atoms with E-state index in [0.29, 0.717) is 5.75 Å². The Balaban J connectivity index is 3.20. The van der Waals surface area contributed by atoms with Gasteiger partial charge in [-0.25, -0.2) is 9.59 Å². The van der Waals surface area contributed by atoms with E-state index in [1.807, 2.05) is 0 Å². The van der Waals surface area contributed by atoms with Gasteiger partial charge in [-0.15, -0.1) is 0 Å². The standard InChI is InChI=1S/C14H19NO5/c1-13(2,3)20-12(18)14(15,11(16)17)9-5-7-10(19-4)8-6-9/h5-8H,15H2,1-4H3,(H,16,17)/t14-/m1/s1. The van der Waals surface area contributed by atoms with E-state index in [4.69, 9.17) is 15.2 Å². The molecule has 1 atom stereocenters. The SMILES string of the molecule is COc1ccc([C@@](N)(C(=O)O)C(=O)OC(C)(C)C)cc1. The summed E-state index contributed by atoms with van der Waals surface area (Å²) in [5, 5.41) is 9.32. The molecule has 1 aromatic rings. The van der Waals surface area contributed by atoms with Crippen LogP contribution in [0.25, 0.3) is 0 Å². The quantitative estimate of drug-likeness (QED) is 0.637. The molecule has 0 unspecified atom stereocenters.